The van der Waals surface area contributed by atoms with Crippen molar-refractivity contribution in [3.8, 4) is 23.0 Å². The Balaban J connectivity index is 1.51. The summed E-state index contributed by atoms with van der Waals surface area (Å²) in [5, 5.41) is 10.6. The molecule has 0 unspecified atom stereocenters. The van der Waals surface area contributed by atoms with Crippen LogP contribution in [0.15, 0.2) is 88.2 Å². The Kier molecular flexibility index (Phi) is 5.58. The minimum Gasteiger partial charge on any atom is -0.457 e. The number of rotatable bonds is 6. The smallest absolute Gasteiger partial charge is 0.322 e. The molecule has 7 heteroatoms. The van der Waals surface area contributed by atoms with Gasteiger partial charge in [0.25, 0.3) is 5.91 Å². The van der Waals surface area contributed by atoms with Crippen LogP contribution in [0.4, 0.5) is 6.01 Å². The molecule has 0 saturated carbocycles. The maximum absolute atomic E-state index is 12.7. The van der Waals surface area contributed by atoms with Crippen LogP contribution in [0.5, 0.6) is 11.5 Å². The molecule has 144 valence electrons. The lowest BCUT2D eigenvalue weighted by molar-refractivity contribution is 0.102. The summed E-state index contributed by atoms with van der Waals surface area (Å²) in [5.74, 6) is 1.01. The highest BCUT2D eigenvalue weighted by molar-refractivity contribution is 7.98. The third-order valence-electron chi connectivity index (χ3n) is 4.09. The summed E-state index contributed by atoms with van der Waals surface area (Å²) in [5.41, 5.74) is 1.14. The van der Waals surface area contributed by atoms with Gasteiger partial charge in [-0.3, -0.25) is 10.1 Å². The predicted octanol–water partition coefficient (Wildman–Crippen LogP) is 5.50. The third-order valence-corrected chi connectivity index (χ3v) is 4.83. The van der Waals surface area contributed by atoms with Crippen LogP contribution < -0.4 is 10.1 Å². The SMILES string of the molecule is CSc1ccc(-c2nnc(NC(=O)c3ccccc3Oc3ccccc3)o2)cc1. The van der Waals surface area contributed by atoms with Gasteiger partial charge in [-0.2, -0.15) is 0 Å². The molecule has 0 aliphatic heterocycles. The molecule has 0 bridgehead atoms. The number of carbonyl (C=O) groups is 1. The molecular formula is C22H17N3O3S. The normalized spacial score (nSPS) is 10.5. The Labute approximate surface area is 171 Å². The van der Waals surface area contributed by atoms with E-state index in [0.717, 1.165) is 10.5 Å². The van der Waals surface area contributed by atoms with E-state index in [9.17, 15) is 4.79 Å². The number of amides is 1. The lowest BCUT2D eigenvalue weighted by Crippen LogP contribution is -2.13. The molecule has 1 heterocycles. The molecule has 4 aromatic rings. The van der Waals surface area contributed by atoms with Crippen molar-refractivity contribution in [2.45, 2.75) is 4.90 Å². The number of thioether (sulfide) groups is 1. The fourth-order valence-corrected chi connectivity index (χ4v) is 3.06. The Morgan fingerprint density at radius 2 is 1.66 bits per heavy atom. The van der Waals surface area contributed by atoms with Crippen molar-refractivity contribution in [3.05, 3.63) is 84.4 Å². The monoisotopic (exact) mass is 403 g/mol. The van der Waals surface area contributed by atoms with Gasteiger partial charge >= 0.3 is 6.01 Å². The fraction of sp³-hybridized carbons (Fsp3) is 0.0455. The number of ether oxygens (including phenoxy) is 1. The van der Waals surface area contributed by atoms with Gasteiger partial charge in [0.2, 0.25) is 5.89 Å². The Bertz CT molecular complexity index is 1110. The number of benzene rings is 3. The summed E-state index contributed by atoms with van der Waals surface area (Å²) >= 11 is 1.65. The maximum atomic E-state index is 12.7. The summed E-state index contributed by atoms with van der Waals surface area (Å²) < 4.78 is 11.4. The summed E-state index contributed by atoms with van der Waals surface area (Å²) in [4.78, 5) is 13.9. The highest BCUT2D eigenvalue weighted by atomic mass is 32.2. The number of nitrogens with zero attached hydrogens (tertiary/aromatic N) is 2. The molecule has 0 spiro atoms. The molecule has 1 aromatic heterocycles. The van der Waals surface area contributed by atoms with Gasteiger partial charge in [-0.25, -0.2) is 0 Å². The molecule has 29 heavy (non-hydrogen) atoms. The third kappa shape index (κ3) is 4.47. The number of para-hydroxylation sites is 2. The van der Waals surface area contributed by atoms with Crippen LogP contribution in [0.25, 0.3) is 11.5 Å². The first-order valence-corrected chi connectivity index (χ1v) is 10.1. The summed E-state index contributed by atoms with van der Waals surface area (Å²) in [7, 11) is 0. The first kappa shape index (κ1) is 18.8. The highest BCUT2D eigenvalue weighted by Gasteiger charge is 2.16. The van der Waals surface area contributed by atoms with Crippen molar-refractivity contribution >= 4 is 23.7 Å². The second kappa shape index (κ2) is 8.62. The van der Waals surface area contributed by atoms with Crippen molar-refractivity contribution in [1.82, 2.24) is 10.2 Å². The van der Waals surface area contributed by atoms with E-state index in [2.05, 4.69) is 15.5 Å². The lowest BCUT2D eigenvalue weighted by Gasteiger charge is -2.10. The molecule has 4 rings (SSSR count). The molecule has 1 amide bonds. The van der Waals surface area contributed by atoms with Gasteiger partial charge in [0.1, 0.15) is 11.5 Å². The molecule has 0 fully saturated rings. The van der Waals surface area contributed by atoms with E-state index in [1.165, 1.54) is 0 Å². The van der Waals surface area contributed by atoms with Gasteiger partial charge in [0, 0.05) is 10.5 Å². The van der Waals surface area contributed by atoms with E-state index in [1.807, 2.05) is 60.9 Å². The molecule has 1 N–H and O–H groups in total. The van der Waals surface area contributed by atoms with Crippen LogP contribution >= 0.6 is 11.8 Å². The van der Waals surface area contributed by atoms with Crippen LogP contribution in [-0.4, -0.2) is 22.4 Å². The second-order valence-corrected chi connectivity index (χ2v) is 6.89. The largest absolute Gasteiger partial charge is 0.457 e. The van der Waals surface area contributed by atoms with Crippen molar-refractivity contribution in [2.75, 3.05) is 11.6 Å². The minimum atomic E-state index is -0.399. The van der Waals surface area contributed by atoms with Crippen molar-refractivity contribution in [3.63, 3.8) is 0 Å². The zero-order chi connectivity index (χ0) is 20.1. The average molecular weight is 403 g/mol. The van der Waals surface area contributed by atoms with Crippen LogP contribution in [-0.2, 0) is 0 Å². The Morgan fingerprint density at radius 3 is 2.41 bits per heavy atom. The maximum Gasteiger partial charge on any atom is 0.322 e. The van der Waals surface area contributed by atoms with Crippen molar-refractivity contribution in [1.29, 1.82) is 0 Å². The molecule has 0 atom stereocenters. The number of nitrogens with one attached hydrogen (secondary N) is 1. The standard InChI is InChI=1S/C22H17N3O3S/c1-29-17-13-11-15(12-14-17)21-24-25-22(28-21)23-20(26)18-9-5-6-10-19(18)27-16-7-3-2-4-8-16/h2-14H,1H3,(H,23,25,26). The molecule has 0 radical (unpaired) electrons. The topological polar surface area (TPSA) is 77.2 Å². The van der Waals surface area contributed by atoms with Gasteiger partial charge in [-0.1, -0.05) is 35.4 Å². The highest BCUT2D eigenvalue weighted by Crippen LogP contribution is 2.27. The molecule has 6 nitrogen and oxygen atoms in total. The number of hydrogen-bond acceptors (Lipinski definition) is 6. The van der Waals surface area contributed by atoms with E-state index in [1.54, 1.807) is 36.0 Å². The van der Waals surface area contributed by atoms with Crippen LogP contribution in [0.2, 0.25) is 0 Å². The van der Waals surface area contributed by atoms with Gasteiger partial charge in [0.15, 0.2) is 0 Å². The number of carbonyl (C=O) groups excluding carboxylic acids is 1. The summed E-state index contributed by atoms with van der Waals surface area (Å²) in [6, 6.07) is 24.0. The van der Waals surface area contributed by atoms with Crippen LogP contribution in [0, 0.1) is 0 Å². The Morgan fingerprint density at radius 1 is 0.931 bits per heavy atom. The average Bonchev–Trinajstić information content (AvgIpc) is 3.23. The molecule has 0 aliphatic carbocycles. The summed E-state index contributed by atoms with van der Waals surface area (Å²) in [6.45, 7) is 0. The van der Waals surface area contributed by atoms with E-state index < -0.39 is 5.91 Å². The van der Waals surface area contributed by atoms with E-state index in [0.29, 0.717) is 23.0 Å². The molecule has 3 aromatic carbocycles. The van der Waals surface area contributed by atoms with E-state index in [4.69, 9.17) is 9.15 Å². The molecule has 0 aliphatic rings. The summed E-state index contributed by atoms with van der Waals surface area (Å²) in [6.07, 6.45) is 2.01. The fourth-order valence-electron chi connectivity index (χ4n) is 2.65. The zero-order valence-corrected chi connectivity index (χ0v) is 16.3. The molecule has 0 saturated heterocycles. The van der Waals surface area contributed by atoms with Gasteiger partial charge in [-0.15, -0.1) is 16.9 Å². The van der Waals surface area contributed by atoms with Crippen molar-refractivity contribution in [2.24, 2.45) is 0 Å². The number of aromatic nitrogens is 2. The van der Waals surface area contributed by atoms with Crippen LogP contribution in [0.1, 0.15) is 10.4 Å². The number of hydrogen-bond donors (Lipinski definition) is 1. The zero-order valence-electron chi connectivity index (χ0n) is 15.5. The van der Waals surface area contributed by atoms with Crippen molar-refractivity contribution < 1.29 is 13.9 Å². The quantitative estimate of drug-likeness (QED) is 0.428. The van der Waals surface area contributed by atoms with Crippen LogP contribution in [0.3, 0.4) is 0 Å². The van der Waals surface area contributed by atoms with Gasteiger partial charge < -0.3 is 9.15 Å². The first-order valence-electron chi connectivity index (χ1n) is 8.84. The lowest BCUT2D eigenvalue weighted by atomic mass is 10.2. The van der Waals surface area contributed by atoms with Gasteiger partial charge in [-0.05, 0) is 54.8 Å². The first-order chi connectivity index (χ1) is 14.2. The van der Waals surface area contributed by atoms with E-state index >= 15 is 0 Å². The second-order valence-electron chi connectivity index (χ2n) is 6.01. The molecular weight excluding hydrogens is 386 g/mol. The number of anilines is 1. The van der Waals surface area contributed by atoms with Gasteiger partial charge in [0.05, 0.1) is 5.56 Å². The Hall–Kier alpha value is -3.58. The van der Waals surface area contributed by atoms with E-state index in [-0.39, 0.29) is 6.01 Å². The minimum absolute atomic E-state index is 0.0217. The predicted molar refractivity (Wildman–Crippen MR) is 112 cm³/mol.